The predicted octanol–water partition coefficient (Wildman–Crippen LogP) is 1.00. The molecule has 26 heavy (non-hydrogen) atoms. The topological polar surface area (TPSA) is 94.3 Å². The molecule has 0 aliphatic carbocycles. The Labute approximate surface area is 160 Å². The van der Waals surface area contributed by atoms with Crippen LogP contribution >= 0.6 is 0 Å². The van der Waals surface area contributed by atoms with Crippen molar-refractivity contribution in [2.75, 3.05) is 39.4 Å². The predicted molar refractivity (Wildman–Crippen MR) is 103 cm³/mol. The third-order valence-corrected chi connectivity index (χ3v) is 5.51. The standard InChI is InChI=1S/C16H34N2O.C2H6O4S/c1-5-7-8-9-10-16(3,4)15-17(6-2)11-12-18(15)13-14-19;1-2-6-7(3,4)5/h15,19H,5-14H2,1-4H3;2H2,1H3,(H,3,4,5). The first-order valence-electron chi connectivity index (χ1n) is 9.92. The summed E-state index contributed by atoms with van der Waals surface area (Å²) in [5, 5.41) is 9.26. The molecule has 2 N–H and O–H groups in total. The van der Waals surface area contributed by atoms with Crippen LogP contribution in [0.3, 0.4) is 0 Å². The maximum absolute atomic E-state index is 9.45. The maximum atomic E-state index is 9.45. The Morgan fingerprint density at radius 2 is 1.88 bits per heavy atom. The van der Waals surface area contributed by atoms with Crippen LogP contribution in [0.1, 0.15) is 66.7 Å². The minimum absolute atomic E-state index is 0.0914. The van der Waals surface area contributed by atoms with Crippen molar-refractivity contribution in [3.8, 4) is 0 Å². The van der Waals surface area contributed by atoms with Crippen molar-refractivity contribution < 1.29 is 27.2 Å². The molecule has 1 rings (SSSR count). The van der Waals surface area contributed by atoms with Gasteiger partial charge < -0.3 is 14.6 Å². The molecule has 1 aliphatic rings. The van der Waals surface area contributed by atoms with Crippen LogP contribution in [0, 0.1) is 5.41 Å². The molecular weight excluding hydrogens is 356 g/mol. The summed E-state index contributed by atoms with van der Waals surface area (Å²) >= 11 is 0. The van der Waals surface area contributed by atoms with Crippen molar-refractivity contribution in [1.82, 2.24) is 4.90 Å². The number of hydrogen-bond acceptors (Lipinski definition) is 6. The van der Waals surface area contributed by atoms with E-state index in [2.05, 4.69) is 36.8 Å². The van der Waals surface area contributed by atoms with Crippen molar-refractivity contribution in [2.24, 2.45) is 5.41 Å². The monoisotopic (exact) mass is 396 g/mol. The molecular formula is C18H40N2O5S. The van der Waals surface area contributed by atoms with E-state index in [1.165, 1.54) is 52.1 Å². The van der Waals surface area contributed by atoms with E-state index < -0.39 is 10.4 Å². The van der Waals surface area contributed by atoms with Crippen molar-refractivity contribution in [3.63, 3.8) is 0 Å². The van der Waals surface area contributed by atoms with Crippen molar-refractivity contribution in [2.45, 2.75) is 72.9 Å². The summed E-state index contributed by atoms with van der Waals surface area (Å²) in [5.41, 5.74) is 0.352. The molecule has 1 saturated heterocycles. The normalized spacial score (nSPS) is 21.5. The quantitative estimate of drug-likeness (QED) is 0.307. The van der Waals surface area contributed by atoms with Crippen LogP contribution in [0.4, 0.5) is 0 Å². The summed E-state index contributed by atoms with van der Waals surface area (Å²) in [5.74, 6) is 0. The third kappa shape index (κ3) is 10.2. The van der Waals surface area contributed by atoms with Gasteiger partial charge >= 0.3 is 0 Å². The van der Waals surface area contributed by atoms with Crippen LogP contribution in [0.5, 0.6) is 0 Å². The van der Waals surface area contributed by atoms with Gasteiger partial charge in [-0.2, -0.15) is 0 Å². The smallest absolute Gasteiger partial charge is 0.217 e. The van der Waals surface area contributed by atoms with Gasteiger partial charge in [0, 0.05) is 12.0 Å². The molecule has 8 heteroatoms. The van der Waals surface area contributed by atoms with E-state index in [0.29, 0.717) is 18.2 Å². The molecule has 0 spiro atoms. The van der Waals surface area contributed by atoms with Crippen LogP contribution in [0.15, 0.2) is 0 Å². The second kappa shape index (κ2) is 13.0. The molecule has 2 unspecified atom stereocenters. The highest BCUT2D eigenvalue weighted by atomic mass is 32.3. The minimum atomic E-state index is -4.42. The number of hydrogen-bond donors (Lipinski definition) is 2. The maximum Gasteiger partial charge on any atom is 0.217 e. The van der Waals surface area contributed by atoms with Crippen LogP contribution in [-0.4, -0.2) is 68.5 Å². The zero-order valence-corrected chi connectivity index (χ0v) is 18.1. The molecule has 0 amide bonds. The number of likely N-dealkylation sites (N-methyl/N-ethyl adjacent to an activating group) is 1. The lowest BCUT2D eigenvalue weighted by Crippen LogP contribution is -3.15. The van der Waals surface area contributed by atoms with Crippen LogP contribution in [-0.2, 0) is 14.6 Å². The van der Waals surface area contributed by atoms with E-state index in [4.69, 9.17) is 0 Å². The summed E-state index contributed by atoms with van der Waals surface area (Å²) < 4.78 is 32.0. The van der Waals surface area contributed by atoms with E-state index >= 15 is 0 Å². The lowest BCUT2D eigenvalue weighted by Gasteiger charge is -2.38. The third-order valence-electron chi connectivity index (χ3n) is 4.99. The number of nitrogens with one attached hydrogen (secondary N) is 1. The molecule has 0 aromatic rings. The Hall–Kier alpha value is -0.250. The van der Waals surface area contributed by atoms with Crippen LogP contribution < -0.4 is 4.90 Å². The van der Waals surface area contributed by atoms with E-state index in [9.17, 15) is 18.1 Å². The first-order chi connectivity index (χ1) is 12.1. The molecule has 0 bridgehead atoms. The number of rotatable bonds is 11. The van der Waals surface area contributed by atoms with Gasteiger partial charge in [0.15, 0.2) is 0 Å². The second-order valence-electron chi connectivity index (χ2n) is 7.54. The van der Waals surface area contributed by atoms with Gasteiger partial charge in [-0.3, -0.25) is 4.18 Å². The Morgan fingerprint density at radius 1 is 1.23 bits per heavy atom. The number of quaternary nitrogens is 1. The Kier molecular flexibility index (Phi) is 12.9. The first-order valence-corrected chi connectivity index (χ1v) is 11.3. The number of β-amino-alcohol motifs (C(OH)–C–C–N with tert-alkyl or cyclic N) is 1. The molecule has 1 heterocycles. The van der Waals surface area contributed by atoms with Gasteiger partial charge in [-0.05, 0) is 20.3 Å². The molecule has 0 aromatic carbocycles. The molecule has 2 atom stereocenters. The number of aliphatic hydroxyl groups excluding tert-OH is 1. The van der Waals surface area contributed by atoms with E-state index in [-0.39, 0.29) is 6.61 Å². The van der Waals surface area contributed by atoms with Gasteiger partial charge in [-0.25, -0.2) is 13.3 Å². The van der Waals surface area contributed by atoms with Crippen molar-refractivity contribution in [3.05, 3.63) is 0 Å². The minimum Gasteiger partial charge on any atom is -0.726 e. The van der Waals surface area contributed by atoms with Crippen molar-refractivity contribution in [1.29, 1.82) is 0 Å². The summed E-state index contributed by atoms with van der Waals surface area (Å²) in [4.78, 5) is 4.22. The Morgan fingerprint density at radius 3 is 2.31 bits per heavy atom. The fraction of sp³-hybridized carbons (Fsp3) is 1.00. The molecule has 1 fully saturated rings. The lowest BCUT2D eigenvalue weighted by molar-refractivity contribution is -0.924. The van der Waals surface area contributed by atoms with Gasteiger partial charge in [0.05, 0.1) is 32.8 Å². The Balaban J connectivity index is 0.000000758. The van der Waals surface area contributed by atoms with Gasteiger partial charge in [0.1, 0.15) is 6.17 Å². The number of nitrogens with zero attached hydrogens (tertiary/aromatic N) is 1. The number of aliphatic hydroxyl groups is 1. The fourth-order valence-corrected chi connectivity index (χ4v) is 4.17. The highest BCUT2D eigenvalue weighted by Crippen LogP contribution is 2.30. The first kappa shape index (κ1) is 25.8. The van der Waals surface area contributed by atoms with Gasteiger partial charge in [0.2, 0.25) is 10.4 Å². The SMILES string of the molecule is CCCCCCC(C)(C)C1N(CCO)CC[NH+]1CC.CCOS(=O)(=O)[O-]. The molecule has 0 aromatic heterocycles. The summed E-state index contributed by atoms with van der Waals surface area (Å²) in [6, 6.07) is 0. The molecule has 1 aliphatic heterocycles. The van der Waals surface area contributed by atoms with Crippen LogP contribution in [0.2, 0.25) is 0 Å². The highest BCUT2D eigenvalue weighted by Gasteiger charge is 2.44. The van der Waals surface area contributed by atoms with E-state index in [1.807, 2.05) is 0 Å². The average Bonchev–Trinajstić information content (AvgIpc) is 2.95. The zero-order chi connectivity index (χ0) is 20.2. The summed E-state index contributed by atoms with van der Waals surface area (Å²) in [6.45, 7) is 15.5. The fourth-order valence-electron chi connectivity index (χ4n) is 3.89. The van der Waals surface area contributed by atoms with Gasteiger partial charge in [-0.1, -0.05) is 46.5 Å². The molecule has 158 valence electrons. The highest BCUT2D eigenvalue weighted by molar-refractivity contribution is 7.80. The second-order valence-corrected chi connectivity index (χ2v) is 8.59. The van der Waals surface area contributed by atoms with Gasteiger partial charge in [-0.15, -0.1) is 0 Å². The van der Waals surface area contributed by atoms with Gasteiger partial charge in [0.25, 0.3) is 0 Å². The van der Waals surface area contributed by atoms with Crippen LogP contribution in [0.25, 0.3) is 0 Å². The molecule has 0 saturated carbocycles. The Bertz CT molecular complexity index is 456. The largest absolute Gasteiger partial charge is 0.726 e. The zero-order valence-electron chi connectivity index (χ0n) is 17.3. The molecule has 0 radical (unpaired) electrons. The van der Waals surface area contributed by atoms with E-state index in [1.54, 1.807) is 4.90 Å². The van der Waals surface area contributed by atoms with E-state index in [0.717, 1.165) is 13.1 Å². The number of unbranched alkanes of at least 4 members (excludes halogenated alkanes) is 3. The van der Waals surface area contributed by atoms with Crippen molar-refractivity contribution >= 4 is 10.4 Å². The average molecular weight is 397 g/mol. The lowest BCUT2D eigenvalue weighted by atomic mass is 9.82. The summed E-state index contributed by atoms with van der Waals surface area (Å²) in [6.07, 6.45) is 7.29. The summed E-state index contributed by atoms with van der Waals surface area (Å²) in [7, 11) is -4.42. The molecule has 7 nitrogen and oxygen atoms in total.